The minimum Gasteiger partial charge on any atom is -0.327 e. The van der Waals surface area contributed by atoms with Crippen LogP contribution in [0.3, 0.4) is 0 Å². The van der Waals surface area contributed by atoms with Crippen LogP contribution in [0.5, 0.6) is 0 Å². The fourth-order valence-corrected chi connectivity index (χ4v) is 4.76. The van der Waals surface area contributed by atoms with Gasteiger partial charge in [0.1, 0.15) is 6.04 Å². The number of aromatic nitrogens is 1. The zero-order valence-electron chi connectivity index (χ0n) is 10.8. The summed E-state index contributed by atoms with van der Waals surface area (Å²) < 4.78 is 1.82. The Morgan fingerprint density at radius 3 is 3.05 bits per heavy atom. The summed E-state index contributed by atoms with van der Waals surface area (Å²) in [6.07, 6.45) is 3.23. The van der Waals surface area contributed by atoms with Crippen LogP contribution in [0.2, 0.25) is 0 Å². The topological polar surface area (TPSA) is 54.7 Å². The van der Waals surface area contributed by atoms with Crippen molar-refractivity contribution in [2.24, 2.45) is 12.0 Å². The van der Waals surface area contributed by atoms with Crippen molar-refractivity contribution in [1.29, 1.82) is 0 Å². The van der Waals surface area contributed by atoms with E-state index in [4.69, 9.17) is 0 Å². The van der Waals surface area contributed by atoms with Crippen LogP contribution in [-0.4, -0.2) is 37.9 Å². The summed E-state index contributed by atoms with van der Waals surface area (Å²) in [7, 11) is 1.86. The van der Waals surface area contributed by atoms with Gasteiger partial charge < -0.3 is 9.47 Å². The number of thioether (sulfide) groups is 1. The zero-order valence-corrected chi connectivity index (χ0v) is 12.5. The molecule has 19 heavy (non-hydrogen) atoms. The van der Waals surface area contributed by atoms with Gasteiger partial charge in [0.05, 0.1) is 4.87 Å². The van der Waals surface area contributed by atoms with Gasteiger partial charge in [0.2, 0.25) is 5.91 Å². The molecule has 102 valence electrons. The van der Waals surface area contributed by atoms with E-state index in [0.29, 0.717) is 17.0 Å². The quantitative estimate of drug-likeness (QED) is 0.776. The Hall–Kier alpha value is -1.08. The van der Waals surface area contributed by atoms with Crippen LogP contribution in [-0.2, 0) is 16.6 Å². The molecular formula is C12H15N3O2S2. The van der Waals surface area contributed by atoms with E-state index in [1.165, 1.54) is 11.3 Å². The second-order valence-corrected chi connectivity index (χ2v) is 7.39. The number of carbonyl (C=O) groups excluding carboxylic acids is 2. The molecule has 0 saturated carbocycles. The highest BCUT2D eigenvalue weighted by molar-refractivity contribution is 8.01. The Kier molecular flexibility index (Phi) is 3.05. The first-order chi connectivity index (χ1) is 9.01. The van der Waals surface area contributed by atoms with Gasteiger partial charge in [-0.25, -0.2) is 0 Å². The fourth-order valence-electron chi connectivity index (χ4n) is 2.61. The first kappa shape index (κ1) is 12.9. The number of hydrogen-bond acceptors (Lipinski definition) is 4. The molecule has 0 aliphatic carbocycles. The third kappa shape index (κ3) is 2.04. The summed E-state index contributed by atoms with van der Waals surface area (Å²) in [6, 6.07) is -0.396. The molecule has 1 aromatic rings. The van der Waals surface area contributed by atoms with E-state index in [2.05, 4.69) is 4.99 Å². The highest BCUT2D eigenvalue weighted by atomic mass is 32.2. The van der Waals surface area contributed by atoms with Crippen molar-refractivity contribution in [2.75, 3.05) is 5.75 Å². The molecule has 2 fully saturated rings. The highest BCUT2D eigenvalue weighted by Crippen LogP contribution is 2.47. The third-order valence-electron chi connectivity index (χ3n) is 3.70. The van der Waals surface area contributed by atoms with Gasteiger partial charge in [-0.3, -0.25) is 9.59 Å². The minimum absolute atomic E-state index is 0.0802. The summed E-state index contributed by atoms with van der Waals surface area (Å²) in [6.45, 7) is 2.04. The van der Waals surface area contributed by atoms with Crippen molar-refractivity contribution in [3.05, 3.63) is 16.4 Å². The van der Waals surface area contributed by atoms with Gasteiger partial charge in [-0.1, -0.05) is 0 Å². The van der Waals surface area contributed by atoms with Crippen molar-refractivity contribution in [3.63, 3.8) is 0 Å². The zero-order chi connectivity index (χ0) is 13.6. The van der Waals surface area contributed by atoms with Crippen LogP contribution < -0.4 is 4.80 Å². The molecule has 2 atom stereocenters. The molecule has 2 aliphatic rings. The Morgan fingerprint density at radius 2 is 2.37 bits per heavy atom. The number of nitrogens with zero attached hydrogens (tertiary/aromatic N) is 3. The lowest BCUT2D eigenvalue weighted by Crippen LogP contribution is -2.46. The first-order valence-electron chi connectivity index (χ1n) is 6.16. The first-order valence-corrected chi connectivity index (χ1v) is 8.03. The van der Waals surface area contributed by atoms with Crippen molar-refractivity contribution in [2.45, 2.75) is 30.7 Å². The normalized spacial score (nSPS) is 31.1. The lowest BCUT2D eigenvalue weighted by molar-refractivity contribution is -0.136. The fraction of sp³-hybridized carbons (Fsp3) is 0.583. The van der Waals surface area contributed by atoms with E-state index >= 15 is 0 Å². The van der Waals surface area contributed by atoms with Crippen LogP contribution in [0.15, 0.2) is 16.6 Å². The number of thiazole rings is 1. The van der Waals surface area contributed by atoms with Crippen LogP contribution >= 0.6 is 23.1 Å². The average molecular weight is 297 g/mol. The lowest BCUT2D eigenvalue weighted by Gasteiger charge is -2.28. The van der Waals surface area contributed by atoms with Crippen molar-refractivity contribution in [3.8, 4) is 0 Å². The smallest absolute Gasteiger partial charge is 0.272 e. The van der Waals surface area contributed by atoms with Crippen LogP contribution in [0.1, 0.15) is 19.8 Å². The standard InChI is InChI=1S/C12H15N3O2S2/c1-12-4-3-9(16)15(12)8(7-19-12)10(17)13-11-14(2)5-6-18-11/h5-6,8H,3-4,7H2,1-2H3. The Labute approximate surface area is 119 Å². The number of carbonyl (C=O) groups is 2. The lowest BCUT2D eigenvalue weighted by atomic mass is 10.2. The molecule has 2 amide bonds. The van der Waals surface area contributed by atoms with Crippen LogP contribution in [0, 0.1) is 0 Å². The molecule has 3 rings (SSSR count). The predicted molar refractivity (Wildman–Crippen MR) is 74.6 cm³/mol. The van der Waals surface area contributed by atoms with E-state index < -0.39 is 6.04 Å². The summed E-state index contributed by atoms with van der Waals surface area (Å²) in [5.74, 6) is 0.528. The molecule has 0 bridgehead atoms. The Bertz CT molecular complexity index is 606. The van der Waals surface area contributed by atoms with E-state index in [9.17, 15) is 9.59 Å². The summed E-state index contributed by atoms with van der Waals surface area (Å²) in [5.41, 5.74) is 0. The van der Waals surface area contributed by atoms with Gasteiger partial charge in [0.15, 0.2) is 4.80 Å². The van der Waals surface area contributed by atoms with Gasteiger partial charge in [-0.05, 0) is 13.3 Å². The second kappa shape index (κ2) is 4.49. The van der Waals surface area contributed by atoms with Crippen molar-refractivity contribution < 1.29 is 9.59 Å². The van der Waals surface area contributed by atoms with Gasteiger partial charge in [-0.2, -0.15) is 4.99 Å². The largest absolute Gasteiger partial charge is 0.327 e. The SMILES string of the molecule is Cn1ccsc1=NC(=O)C1CSC2(C)CCC(=O)N12. The van der Waals surface area contributed by atoms with Crippen molar-refractivity contribution in [1.82, 2.24) is 9.47 Å². The molecule has 0 aromatic carbocycles. The van der Waals surface area contributed by atoms with Crippen LogP contribution in [0.25, 0.3) is 0 Å². The summed E-state index contributed by atoms with van der Waals surface area (Å²) in [4.78, 5) is 30.7. The maximum absolute atomic E-state index is 12.3. The summed E-state index contributed by atoms with van der Waals surface area (Å²) in [5, 5.41) is 1.89. The summed E-state index contributed by atoms with van der Waals surface area (Å²) >= 11 is 3.12. The molecule has 5 nitrogen and oxygen atoms in total. The molecule has 0 N–H and O–H groups in total. The number of rotatable bonds is 1. The molecule has 7 heteroatoms. The maximum Gasteiger partial charge on any atom is 0.272 e. The number of aryl methyl sites for hydroxylation is 1. The molecule has 0 spiro atoms. The molecule has 2 unspecified atom stereocenters. The van der Waals surface area contributed by atoms with Gasteiger partial charge >= 0.3 is 0 Å². The molecule has 2 saturated heterocycles. The van der Waals surface area contributed by atoms with E-state index in [0.717, 1.165) is 6.42 Å². The predicted octanol–water partition coefficient (Wildman–Crippen LogP) is 0.968. The maximum atomic E-state index is 12.3. The number of fused-ring (bicyclic) bond motifs is 1. The average Bonchev–Trinajstić information content (AvgIpc) is 2.98. The van der Waals surface area contributed by atoms with Crippen LogP contribution in [0.4, 0.5) is 0 Å². The Balaban J connectivity index is 1.90. The number of hydrogen-bond donors (Lipinski definition) is 0. The molecule has 2 aliphatic heterocycles. The second-order valence-electron chi connectivity index (χ2n) is 5.01. The monoisotopic (exact) mass is 297 g/mol. The van der Waals surface area contributed by atoms with Gasteiger partial charge in [0.25, 0.3) is 5.91 Å². The molecule has 1 aromatic heterocycles. The van der Waals surface area contributed by atoms with Gasteiger partial charge in [0, 0.05) is 30.8 Å². The minimum atomic E-state index is -0.396. The van der Waals surface area contributed by atoms with E-state index in [1.54, 1.807) is 16.7 Å². The highest BCUT2D eigenvalue weighted by Gasteiger charge is 2.52. The van der Waals surface area contributed by atoms with Gasteiger partial charge in [-0.15, -0.1) is 23.1 Å². The third-order valence-corrected chi connectivity index (χ3v) is 6.05. The number of amides is 2. The molecule has 0 radical (unpaired) electrons. The molecular weight excluding hydrogens is 282 g/mol. The van der Waals surface area contributed by atoms with E-state index in [1.807, 2.05) is 30.1 Å². The van der Waals surface area contributed by atoms with E-state index in [-0.39, 0.29) is 16.7 Å². The Morgan fingerprint density at radius 1 is 1.58 bits per heavy atom. The van der Waals surface area contributed by atoms with Crippen molar-refractivity contribution >= 4 is 34.9 Å². The molecule has 3 heterocycles.